The molecule has 4 rings (SSSR count). The molecule has 3 aliphatic carbocycles. The Morgan fingerprint density at radius 3 is 2.42 bits per heavy atom. The Morgan fingerprint density at radius 1 is 1.22 bits per heavy atom. The van der Waals surface area contributed by atoms with Gasteiger partial charge in [-0.05, 0) is 37.9 Å². The summed E-state index contributed by atoms with van der Waals surface area (Å²) in [4.78, 5) is 40.2. The quantitative estimate of drug-likeness (QED) is 0.293. The van der Waals surface area contributed by atoms with Gasteiger partial charge in [0.1, 0.15) is 28.6 Å². The standard InChI is InChI=1S/C25H31N3O8/c1-4-28(5-2)9-11-8-14(29)16-12(21(11)36-3)6-10-7-13-18(26)20(31)17(24(27)34)23(33)25(13,35)22(32)15(10)19(16)30/h8,10,13,18,29-30,33,35H,4-7,9,26H2,1-3H3,(H2,27,34)/t10-,13-,18-,25-/m0/s1. The highest BCUT2D eigenvalue weighted by Crippen LogP contribution is 2.53. The number of Topliss-reactive ketones (excluding diaryl/α,β-unsaturated/α-hetero) is 2. The highest BCUT2D eigenvalue weighted by atomic mass is 16.5. The molecule has 11 heteroatoms. The molecule has 3 aliphatic rings. The van der Waals surface area contributed by atoms with Crippen molar-refractivity contribution < 1.29 is 39.5 Å². The number of carbonyl (C=O) groups is 3. The normalized spacial score (nSPS) is 27.7. The fraction of sp³-hybridized carbons (Fsp3) is 0.480. The lowest BCUT2D eigenvalue weighted by Gasteiger charge is -2.48. The summed E-state index contributed by atoms with van der Waals surface area (Å²) in [5.74, 6) is -6.91. The lowest BCUT2D eigenvalue weighted by atomic mass is 9.58. The number of aromatic hydroxyl groups is 1. The van der Waals surface area contributed by atoms with E-state index in [1.165, 1.54) is 13.2 Å². The van der Waals surface area contributed by atoms with Gasteiger partial charge in [-0.15, -0.1) is 0 Å². The number of nitrogens with zero attached hydrogens (tertiary/aromatic N) is 1. The predicted octanol–water partition coefficient (Wildman–Crippen LogP) is 0.212. The van der Waals surface area contributed by atoms with Crippen molar-refractivity contribution in [1.82, 2.24) is 4.90 Å². The van der Waals surface area contributed by atoms with Gasteiger partial charge in [-0.3, -0.25) is 19.3 Å². The van der Waals surface area contributed by atoms with Crippen LogP contribution in [0.5, 0.6) is 11.5 Å². The number of ketones is 2. The van der Waals surface area contributed by atoms with E-state index >= 15 is 0 Å². The number of methoxy groups -OCH3 is 1. The summed E-state index contributed by atoms with van der Waals surface area (Å²) in [6, 6.07) is -0.0119. The number of phenolic OH excluding ortho intramolecular Hbond substituents is 1. The maximum atomic E-state index is 13.6. The van der Waals surface area contributed by atoms with Crippen LogP contribution in [0.15, 0.2) is 23.0 Å². The lowest BCUT2D eigenvalue weighted by molar-refractivity contribution is -0.149. The van der Waals surface area contributed by atoms with E-state index in [-0.39, 0.29) is 29.7 Å². The Labute approximate surface area is 207 Å². The van der Waals surface area contributed by atoms with Crippen molar-refractivity contribution in [3.63, 3.8) is 0 Å². The largest absolute Gasteiger partial charge is 0.508 e. The van der Waals surface area contributed by atoms with Crippen LogP contribution >= 0.6 is 0 Å². The fourth-order valence-corrected chi connectivity index (χ4v) is 5.89. The first-order valence-electron chi connectivity index (χ1n) is 11.8. The molecule has 4 atom stereocenters. The minimum absolute atomic E-state index is 0.00780. The molecule has 11 nitrogen and oxygen atoms in total. The van der Waals surface area contributed by atoms with E-state index in [2.05, 4.69) is 4.90 Å². The smallest absolute Gasteiger partial charge is 0.255 e. The summed E-state index contributed by atoms with van der Waals surface area (Å²) >= 11 is 0. The van der Waals surface area contributed by atoms with Gasteiger partial charge in [-0.25, -0.2) is 0 Å². The minimum Gasteiger partial charge on any atom is -0.508 e. The van der Waals surface area contributed by atoms with Crippen LogP contribution in [0.3, 0.4) is 0 Å². The van der Waals surface area contributed by atoms with Crippen molar-refractivity contribution in [1.29, 1.82) is 0 Å². The van der Waals surface area contributed by atoms with E-state index in [9.17, 15) is 34.8 Å². The van der Waals surface area contributed by atoms with Gasteiger partial charge in [0.2, 0.25) is 5.78 Å². The number of rotatable bonds is 6. The second-order valence-corrected chi connectivity index (χ2v) is 9.48. The summed E-state index contributed by atoms with van der Waals surface area (Å²) in [6.45, 7) is 6.02. The Morgan fingerprint density at radius 2 is 1.86 bits per heavy atom. The molecule has 1 saturated carbocycles. The second-order valence-electron chi connectivity index (χ2n) is 9.48. The monoisotopic (exact) mass is 501 g/mol. The van der Waals surface area contributed by atoms with Gasteiger partial charge >= 0.3 is 0 Å². The number of amides is 1. The van der Waals surface area contributed by atoms with Gasteiger partial charge in [0.05, 0.1) is 18.7 Å². The molecule has 1 fully saturated rings. The summed E-state index contributed by atoms with van der Waals surface area (Å²) < 4.78 is 5.68. The van der Waals surface area contributed by atoms with Crippen LogP contribution in [0.1, 0.15) is 37.0 Å². The van der Waals surface area contributed by atoms with Crippen molar-refractivity contribution in [3.8, 4) is 11.5 Å². The van der Waals surface area contributed by atoms with Crippen molar-refractivity contribution >= 4 is 23.2 Å². The Bertz CT molecular complexity index is 1230. The third kappa shape index (κ3) is 3.41. The van der Waals surface area contributed by atoms with Gasteiger partial charge in [0.25, 0.3) is 5.91 Å². The van der Waals surface area contributed by atoms with Crippen LogP contribution in [0.25, 0.3) is 5.76 Å². The summed E-state index contributed by atoms with van der Waals surface area (Å²) in [5.41, 5.74) is 8.54. The molecule has 0 radical (unpaired) electrons. The van der Waals surface area contributed by atoms with Crippen molar-refractivity contribution in [2.24, 2.45) is 23.3 Å². The molecule has 0 heterocycles. The first kappa shape index (κ1) is 25.7. The number of nitrogens with two attached hydrogens (primary N) is 2. The fourth-order valence-electron chi connectivity index (χ4n) is 5.89. The van der Waals surface area contributed by atoms with E-state index in [1.807, 2.05) is 13.8 Å². The van der Waals surface area contributed by atoms with Gasteiger partial charge < -0.3 is 36.6 Å². The third-order valence-electron chi connectivity index (χ3n) is 7.77. The van der Waals surface area contributed by atoms with Crippen LogP contribution in [-0.4, -0.2) is 74.6 Å². The third-order valence-corrected chi connectivity index (χ3v) is 7.77. The van der Waals surface area contributed by atoms with E-state index in [4.69, 9.17) is 16.2 Å². The summed E-state index contributed by atoms with van der Waals surface area (Å²) in [7, 11) is 1.48. The van der Waals surface area contributed by atoms with Crippen molar-refractivity contribution in [2.45, 2.75) is 44.9 Å². The van der Waals surface area contributed by atoms with E-state index in [1.54, 1.807) is 0 Å². The zero-order valence-electron chi connectivity index (χ0n) is 20.4. The number of primary amides is 1. The van der Waals surface area contributed by atoms with Gasteiger partial charge in [-0.2, -0.15) is 0 Å². The molecular weight excluding hydrogens is 470 g/mol. The number of ether oxygens (including phenoxy) is 1. The SMILES string of the molecule is CCN(CC)Cc1cc(O)c2c(c1OC)C[C@H]1C[C@H]3[C@H](N)C(=O)C(C(N)=O)=C(O)[C@@]3(O)C(=O)C1=C2O. The van der Waals surface area contributed by atoms with Crippen LogP contribution in [-0.2, 0) is 27.3 Å². The average Bonchev–Trinajstić information content (AvgIpc) is 2.82. The van der Waals surface area contributed by atoms with Gasteiger partial charge in [-0.1, -0.05) is 13.8 Å². The molecule has 1 amide bonds. The molecule has 8 N–H and O–H groups in total. The Hall–Kier alpha value is -3.41. The number of aliphatic hydroxyl groups is 3. The predicted molar refractivity (Wildman–Crippen MR) is 128 cm³/mol. The molecule has 0 saturated heterocycles. The Balaban J connectivity index is 1.91. The molecule has 0 spiro atoms. The molecule has 194 valence electrons. The highest BCUT2D eigenvalue weighted by molar-refractivity contribution is 6.24. The maximum Gasteiger partial charge on any atom is 0.255 e. The molecule has 36 heavy (non-hydrogen) atoms. The Kier molecular flexibility index (Phi) is 6.36. The van der Waals surface area contributed by atoms with Gasteiger partial charge in [0.15, 0.2) is 11.4 Å². The van der Waals surface area contributed by atoms with Crippen molar-refractivity contribution in [3.05, 3.63) is 39.7 Å². The van der Waals surface area contributed by atoms with Gasteiger partial charge in [0, 0.05) is 29.2 Å². The molecular formula is C25H31N3O8. The molecule has 1 aromatic rings. The zero-order chi connectivity index (χ0) is 26.7. The number of phenols is 1. The number of hydrogen-bond acceptors (Lipinski definition) is 10. The lowest BCUT2D eigenvalue weighted by Crippen LogP contribution is -2.65. The van der Waals surface area contributed by atoms with Crippen LogP contribution in [0.4, 0.5) is 0 Å². The summed E-state index contributed by atoms with van der Waals surface area (Å²) in [6.07, 6.45) is 0.0816. The topological polar surface area (TPSA) is 197 Å². The zero-order valence-corrected chi connectivity index (χ0v) is 20.4. The van der Waals surface area contributed by atoms with E-state index < -0.39 is 58.0 Å². The molecule has 0 aliphatic heterocycles. The minimum atomic E-state index is -2.72. The van der Waals surface area contributed by atoms with E-state index in [0.29, 0.717) is 23.4 Å². The second kappa shape index (κ2) is 8.91. The first-order valence-corrected chi connectivity index (χ1v) is 11.8. The number of fused-ring (bicyclic) bond motifs is 3. The van der Waals surface area contributed by atoms with E-state index in [0.717, 1.165) is 13.1 Å². The van der Waals surface area contributed by atoms with Crippen LogP contribution in [0, 0.1) is 11.8 Å². The molecule has 0 bridgehead atoms. The van der Waals surface area contributed by atoms with Crippen LogP contribution in [0.2, 0.25) is 0 Å². The van der Waals surface area contributed by atoms with Crippen LogP contribution < -0.4 is 16.2 Å². The maximum absolute atomic E-state index is 13.6. The molecule has 0 aromatic heterocycles. The summed E-state index contributed by atoms with van der Waals surface area (Å²) in [5, 5.41) is 44.1. The highest BCUT2D eigenvalue weighted by Gasteiger charge is 2.63. The average molecular weight is 502 g/mol. The number of hydrogen-bond donors (Lipinski definition) is 6. The number of aliphatic hydroxyl groups excluding tert-OH is 2. The first-order chi connectivity index (χ1) is 16.9. The molecule has 0 unspecified atom stereocenters. The number of carbonyl (C=O) groups excluding carboxylic acids is 3. The molecule has 1 aromatic carbocycles. The number of benzene rings is 1. The van der Waals surface area contributed by atoms with Crippen molar-refractivity contribution in [2.75, 3.05) is 20.2 Å².